The number of hydrogen-bond donors (Lipinski definition) is 2. The molecule has 1 aliphatic heterocycles. The number of ether oxygens (including phenoxy) is 1. The van der Waals surface area contributed by atoms with Crippen LogP contribution in [0.2, 0.25) is 0 Å². The molecule has 27 heavy (non-hydrogen) atoms. The molecule has 0 spiro atoms. The lowest BCUT2D eigenvalue weighted by molar-refractivity contribution is 0.0342. The first-order valence-corrected chi connectivity index (χ1v) is 8.99. The van der Waals surface area contributed by atoms with Crippen molar-refractivity contribution in [2.45, 2.75) is 6.54 Å². The van der Waals surface area contributed by atoms with E-state index in [0.717, 1.165) is 44.1 Å². The molecule has 7 heteroatoms. The average molecular weight is 366 g/mol. The predicted molar refractivity (Wildman–Crippen MR) is 104 cm³/mol. The highest BCUT2D eigenvalue weighted by molar-refractivity contribution is 6.12. The number of nitrogens with one attached hydrogen (secondary N) is 2. The molecule has 0 saturated carbocycles. The van der Waals surface area contributed by atoms with Crippen LogP contribution in [0, 0.1) is 0 Å². The Morgan fingerprint density at radius 3 is 2.89 bits per heavy atom. The number of morpholine rings is 1. The average Bonchev–Trinajstić information content (AvgIpc) is 3.16. The summed E-state index contributed by atoms with van der Waals surface area (Å²) >= 11 is 0. The first-order valence-electron chi connectivity index (χ1n) is 8.99. The van der Waals surface area contributed by atoms with Crippen LogP contribution < -0.4 is 10.9 Å². The van der Waals surface area contributed by atoms with Crippen molar-refractivity contribution in [2.75, 3.05) is 31.6 Å². The van der Waals surface area contributed by atoms with Gasteiger partial charge in [-0.05, 0) is 23.8 Å². The van der Waals surface area contributed by atoms with Crippen molar-refractivity contribution in [3.8, 4) is 0 Å². The molecule has 1 amide bonds. The number of carbonyl (C=O) groups excluding carboxylic acids is 1. The fourth-order valence-electron chi connectivity index (χ4n) is 3.41. The summed E-state index contributed by atoms with van der Waals surface area (Å²) in [6, 6.07) is 9.61. The number of aryl methyl sites for hydroxylation is 1. The molecular weight excluding hydrogens is 344 g/mol. The van der Waals surface area contributed by atoms with Gasteiger partial charge in [-0.1, -0.05) is 12.1 Å². The molecule has 7 nitrogen and oxygen atoms in total. The largest absolute Gasteiger partial charge is 0.379 e. The maximum atomic E-state index is 12.8. The molecule has 1 aromatic carbocycles. The summed E-state index contributed by atoms with van der Waals surface area (Å²) < 4.78 is 6.80. The standard InChI is InChI=1S/C20H22N4O3/c1-23-13-17(16-5-6-21-18(16)20(23)26)19(25)22-15-4-2-3-14(11-15)12-24-7-9-27-10-8-24/h2-6,11,13,21H,7-10,12H2,1H3,(H,22,25). The number of H-pyrrole nitrogens is 1. The normalized spacial score (nSPS) is 15.1. The van der Waals surface area contributed by atoms with Gasteiger partial charge in [0.25, 0.3) is 11.5 Å². The summed E-state index contributed by atoms with van der Waals surface area (Å²) in [5.41, 5.74) is 2.63. The zero-order chi connectivity index (χ0) is 18.8. The minimum absolute atomic E-state index is 0.154. The maximum Gasteiger partial charge on any atom is 0.274 e. The Morgan fingerprint density at radius 1 is 1.26 bits per heavy atom. The first-order chi connectivity index (χ1) is 13.1. The molecule has 2 aromatic heterocycles. The molecule has 0 aliphatic carbocycles. The Balaban J connectivity index is 1.55. The lowest BCUT2D eigenvalue weighted by atomic mass is 10.1. The van der Waals surface area contributed by atoms with Crippen molar-refractivity contribution < 1.29 is 9.53 Å². The number of benzene rings is 1. The van der Waals surface area contributed by atoms with Crippen molar-refractivity contribution in [2.24, 2.45) is 7.05 Å². The van der Waals surface area contributed by atoms with Gasteiger partial charge in [0.05, 0.1) is 18.8 Å². The Morgan fingerprint density at radius 2 is 2.07 bits per heavy atom. The molecule has 0 unspecified atom stereocenters. The van der Waals surface area contributed by atoms with Crippen molar-refractivity contribution >= 4 is 22.5 Å². The second kappa shape index (κ2) is 7.38. The number of aromatic nitrogens is 2. The Labute approximate surface area is 156 Å². The van der Waals surface area contributed by atoms with E-state index < -0.39 is 0 Å². The molecule has 3 heterocycles. The van der Waals surface area contributed by atoms with Crippen LogP contribution in [0.5, 0.6) is 0 Å². The van der Waals surface area contributed by atoms with E-state index in [-0.39, 0.29) is 11.5 Å². The van der Waals surface area contributed by atoms with E-state index in [2.05, 4.69) is 21.3 Å². The molecule has 1 fully saturated rings. The van der Waals surface area contributed by atoms with Gasteiger partial charge in [-0.2, -0.15) is 0 Å². The summed E-state index contributed by atoms with van der Waals surface area (Å²) in [6.07, 6.45) is 3.25. The van der Waals surface area contributed by atoms with Crippen LogP contribution in [-0.4, -0.2) is 46.7 Å². The Bertz CT molecular complexity index is 1030. The number of pyridine rings is 1. The third-order valence-electron chi connectivity index (χ3n) is 4.83. The second-order valence-electron chi connectivity index (χ2n) is 6.77. The molecule has 2 N–H and O–H groups in total. The van der Waals surface area contributed by atoms with Gasteiger partial charge < -0.3 is 19.6 Å². The smallest absolute Gasteiger partial charge is 0.274 e. The van der Waals surface area contributed by atoms with E-state index in [1.807, 2.05) is 18.2 Å². The van der Waals surface area contributed by atoms with Crippen molar-refractivity contribution in [3.63, 3.8) is 0 Å². The predicted octanol–water partition coefficient (Wildman–Crippen LogP) is 1.95. The number of anilines is 1. The van der Waals surface area contributed by atoms with Crippen molar-refractivity contribution in [3.05, 3.63) is 64.2 Å². The lowest BCUT2D eigenvalue weighted by Gasteiger charge is -2.26. The number of aromatic amines is 1. The number of hydrogen-bond acceptors (Lipinski definition) is 4. The van der Waals surface area contributed by atoms with Crippen molar-refractivity contribution in [1.29, 1.82) is 0 Å². The number of nitrogens with zero attached hydrogens (tertiary/aromatic N) is 2. The van der Waals surface area contributed by atoms with Crippen LogP contribution in [0.4, 0.5) is 5.69 Å². The monoisotopic (exact) mass is 366 g/mol. The summed E-state index contributed by atoms with van der Waals surface area (Å²) in [7, 11) is 1.64. The minimum Gasteiger partial charge on any atom is -0.379 e. The van der Waals surface area contributed by atoms with Gasteiger partial charge in [0.1, 0.15) is 5.52 Å². The quantitative estimate of drug-likeness (QED) is 0.740. The number of rotatable bonds is 4. The summed E-state index contributed by atoms with van der Waals surface area (Å²) in [5, 5.41) is 3.58. The fraction of sp³-hybridized carbons (Fsp3) is 0.300. The van der Waals surface area contributed by atoms with Gasteiger partial charge in [0, 0.05) is 50.1 Å². The lowest BCUT2D eigenvalue weighted by Crippen LogP contribution is -2.35. The molecule has 140 valence electrons. The van der Waals surface area contributed by atoms with Crippen molar-refractivity contribution in [1.82, 2.24) is 14.5 Å². The first kappa shape index (κ1) is 17.5. The topological polar surface area (TPSA) is 79.4 Å². The van der Waals surface area contributed by atoms with Gasteiger partial charge >= 0.3 is 0 Å². The molecule has 1 aliphatic rings. The highest BCUT2D eigenvalue weighted by atomic mass is 16.5. The van der Waals surface area contributed by atoms with E-state index in [9.17, 15) is 9.59 Å². The van der Waals surface area contributed by atoms with Crippen LogP contribution in [-0.2, 0) is 18.3 Å². The van der Waals surface area contributed by atoms with E-state index >= 15 is 0 Å². The molecule has 4 rings (SSSR count). The van der Waals surface area contributed by atoms with Crippen LogP contribution >= 0.6 is 0 Å². The van der Waals surface area contributed by atoms with E-state index in [1.165, 1.54) is 4.57 Å². The zero-order valence-electron chi connectivity index (χ0n) is 15.2. The van der Waals surface area contributed by atoms with Crippen LogP contribution in [0.15, 0.2) is 47.5 Å². The van der Waals surface area contributed by atoms with Gasteiger partial charge in [0.2, 0.25) is 0 Å². The van der Waals surface area contributed by atoms with Crippen LogP contribution in [0.1, 0.15) is 15.9 Å². The number of carbonyl (C=O) groups is 1. The van der Waals surface area contributed by atoms with E-state index in [1.54, 1.807) is 25.5 Å². The molecule has 0 bridgehead atoms. The van der Waals surface area contributed by atoms with E-state index in [4.69, 9.17) is 4.74 Å². The van der Waals surface area contributed by atoms with Gasteiger partial charge in [-0.3, -0.25) is 14.5 Å². The molecule has 1 saturated heterocycles. The van der Waals surface area contributed by atoms with Crippen LogP contribution in [0.25, 0.3) is 10.9 Å². The van der Waals surface area contributed by atoms with Gasteiger partial charge in [-0.15, -0.1) is 0 Å². The number of fused-ring (bicyclic) bond motifs is 1. The molecule has 0 atom stereocenters. The van der Waals surface area contributed by atoms with Gasteiger partial charge in [-0.25, -0.2) is 0 Å². The Kier molecular flexibility index (Phi) is 4.79. The maximum absolute atomic E-state index is 12.8. The van der Waals surface area contributed by atoms with Gasteiger partial charge in [0.15, 0.2) is 0 Å². The second-order valence-corrected chi connectivity index (χ2v) is 6.77. The SMILES string of the molecule is Cn1cc(C(=O)Nc2cccc(CN3CCOCC3)c2)c2cc[nH]c2c1=O. The minimum atomic E-state index is -0.237. The summed E-state index contributed by atoms with van der Waals surface area (Å²) in [5.74, 6) is -0.237. The third-order valence-corrected chi connectivity index (χ3v) is 4.83. The summed E-state index contributed by atoms with van der Waals surface area (Å²) in [6.45, 7) is 4.18. The Hall–Kier alpha value is -2.90. The molecule has 3 aromatic rings. The summed E-state index contributed by atoms with van der Waals surface area (Å²) in [4.78, 5) is 30.2. The molecular formula is C20H22N4O3. The highest BCUT2D eigenvalue weighted by Gasteiger charge is 2.15. The fourth-order valence-corrected chi connectivity index (χ4v) is 3.41. The van der Waals surface area contributed by atoms with Crippen LogP contribution in [0.3, 0.4) is 0 Å². The number of amides is 1. The molecule has 0 radical (unpaired) electrons. The highest BCUT2D eigenvalue weighted by Crippen LogP contribution is 2.18. The van der Waals surface area contributed by atoms with E-state index in [0.29, 0.717) is 16.5 Å². The third kappa shape index (κ3) is 3.65. The zero-order valence-corrected chi connectivity index (χ0v) is 15.2.